The molecule has 1 aliphatic heterocycles. The largest absolute Gasteiger partial charge is 0.497 e. The summed E-state index contributed by atoms with van der Waals surface area (Å²) in [5.74, 6) is -4.70. The predicted molar refractivity (Wildman–Crippen MR) is 166 cm³/mol. The molecule has 246 valence electrons. The summed E-state index contributed by atoms with van der Waals surface area (Å²) >= 11 is 0. The van der Waals surface area contributed by atoms with Gasteiger partial charge in [-0.2, -0.15) is 8.78 Å². The number of ether oxygens (including phenoxy) is 3. The zero-order valence-corrected chi connectivity index (χ0v) is 26.6. The first-order valence-electron chi connectivity index (χ1n) is 15.3. The second kappa shape index (κ2) is 13.7. The summed E-state index contributed by atoms with van der Waals surface area (Å²) in [5, 5.41) is 13.3. The highest BCUT2D eigenvalue weighted by Gasteiger charge is 2.49. The van der Waals surface area contributed by atoms with E-state index in [-0.39, 0.29) is 36.5 Å². The molecule has 2 fully saturated rings. The highest BCUT2D eigenvalue weighted by Crippen LogP contribution is 2.40. The Bertz CT molecular complexity index is 1410. The molecular formula is C33H44F2N4O6. The van der Waals surface area contributed by atoms with E-state index in [1.165, 1.54) is 7.11 Å². The number of carbonyl (C=O) groups is 2. The van der Waals surface area contributed by atoms with Crippen LogP contribution in [0, 0.1) is 17.3 Å². The maximum atomic E-state index is 15.4. The van der Waals surface area contributed by atoms with Crippen LogP contribution in [-0.2, 0) is 15.5 Å². The zero-order chi connectivity index (χ0) is 33.1. The smallest absolute Gasteiger partial charge is 0.407 e. The minimum absolute atomic E-state index is 0.104. The molecule has 2 aromatic rings. The number of carboxylic acid groups (broad SMARTS) is 1. The van der Waals surface area contributed by atoms with E-state index in [4.69, 9.17) is 14.2 Å². The number of nitrogens with zero attached hydrogens (tertiary/aromatic N) is 3. The Balaban J connectivity index is 1.62. The Kier molecular flexibility index (Phi) is 10.4. The standard InChI is InChI=1S/C33H44F2N4O6/c1-8-11-19-15-24(19)45-31(42)38-26(32(4,5)6)18-39-17-25(21(10-3)27(39)30(40)41)44-29-28(33(34,35)14-9-2)36-22-13-12-20(43-7)16-23(22)37-29/h8-9,12-13,16,19,21,24-27H,1-2,10-11,14-15,17-18H2,3-7H3,(H,38,42)(H,40,41)/t19-,21-,24-,25+,26-,27+/m1/s1. The number of nitrogens with one attached hydrogen (secondary N) is 1. The van der Waals surface area contributed by atoms with Crippen molar-refractivity contribution in [2.75, 3.05) is 20.2 Å². The number of halogens is 2. The Hall–Kier alpha value is -3.80. The van der Waals surface area contributed by atoms with E-state index in [2.05, 4.69) is 28.4 Å². The van der Waals surface area contributed by atoms with Crippen molar-refractivity contribution in [2.24, 2.45) is 17.3 Å². The lowest BCUT2D eigenvalue weighted by Crippen LogP contribution is -2.53. The number of aromatic nitrogens is 2. The maximum Gasteiger partial charge on any atom is 0.407 e. The molecule has 1 amide bonds. The van der Waals surface area contributed by atoms with Crippen molar-refractivity contribution in [3.63, 3.8) is 0 Å². The molecule has 6 atom stereocenters. The molecule has 1 aliphatic carbocycles. The minimum atomic E-state index is -3.43. The molecule has 1 aromatic carbocycles. The van der Waals surface area contributed by atoms with E-state index in [1.54, 1.807) is 29.2 Å². The molecule has 10 nitrogen and oxygen atoms in total. The van der Waals surface area contributed by atoms with Crippen LogP contribution in [0.3, 0.4) is 0 Å². The summed E-state index contributed by atoms with van der Waals surface area (Å²) < 4.78 is 47.8. The SMILES string of the molecule is C=CC[C@@H]1C[C@H]1OC(=O)N[C@H](CN1C[C@H](Oc2nc3cc(OC)ccc3nc2C(F)(F)CC=C)[C@@H](CC)[C@H]1C(=O)O)C(C)(C)C. The van der Waals surface area contributed by atoms with Crippen LogP contribution in [-0.4, -0.2) is 76.5 Å². The third-order valence-corrected chi connectivity index (χ3v) is 8.61. The molecule has 1 saturated carbocycles. The predicted octanol–water partition coefficient (Wildman–Crippen LogP) is 5.95. The Labute approximate surface area is 262 Å². The molecular weight excluding hydrogens is 586 g/mol. The van der Waals surface area contributed by atoms with Gasteiger partial charge in [-0.05, 0) is 36.8 Å². The van der Waals surface area contributed by atoms with Gasteiger partial charge in [-0.3, -0.25) is 9.69 Å². The third kappa shape index (κ3) is 7.89. The zero-order valence-electron chi connectivity index (χ0n) is 26.6. The number of hydrogen-bond acceptors (Lipinski definition) is 8. The lowest BCUT2D eigenvalue weighted by Gasteiger charge is -2.35. The first-order valence-corrected chi connectivity index (χ1v) is 15.3. The topological polar surface area (TPSA) is 123 Å². The van der Waals surface area contributed by atoms with Crippen molar-refractivity contribution in [1.82, 2.24) is 20.2 Å². The molecule has 2 heterocycles. The molecule has 0 bridgehead atoms. The van der Waals surface area contributed by atoms with Gasteiger partial charge in [0, 0.05) is 43.5 Å². The maximum absolute atomic E-state index is 15.4. The van der Waals surface area contributed by atoms with Crippen LogP contribution in [0.25, 0.3) is 11.0 Å². The van der Waals surface area contributed by atoms with Crippen molar-refractivity contribution in [1.29, 1.82) is 0 Å². The normalized spacial score (nSPS) is 24.1. The summed E-state index contributed by atoms with van der Waals surface area (Å²) in [5.41, 5.74) is -0.581. The van der Waals surface area contributed by atoms with Crippen LogP contribution in [0.2, 0.25) is 0 Å². The van der Waals surface area contributed by atoms with Crippen molar-refractivity contribution < 1.29 is 37.7 Å². The van der Waals surface area contributed by atoms with Gasteiger partial charge in [-0.25, -0.2) is 14.8 Å². The van der Waals surface area contributed by atoms with E-state index in [0.717, 1.165) is 18.9 Å². The van der Waals surface area contributed by atoms with Crippen LogP contribution >= 0.6 is 0 Å². The molecule has 0 unspecified atom stereocenters. The molecule has 2 N–H and O–H groups in total. The fourth-order valence-corrected chi connectivity index (χ4v) is 5.89. The molecule has 0 radical (unpaired) electrons. The monoisotopic (exact) mass is 630 g/mol. The fourth-order valence-electron chi connectivity index (χ4n) is 5.89. The number of aliphatic carboxylic acids is 1. The van der Waals surface area contributed by atoms with Crippen molar-refractivity contribution in [2.45, 2.75) is 83.6 Å². The number of amides is 1. The number of alkyl halides is 2. The lowest BCUT2D eigenvalue weighted by atomic mass is 9.86. The Morgan fingerprint density at radius 1 is 1.18 bits per heavy atom. The van der Waals surface area contributed by atoms with Crippen LogP contribution in [0.4, 0.5) is 13.6 Å². The fraction of sp³-hybridized carbons (Fsp3) is 0.576. The number of hydrogen-bond donors (Lipinski definition) is 2. The van der Waals surface area contributed by atoms with Gasteiger partial charge in [0.25, 0.3) is 5.92 Å². The van der Waals surface area contributed by atoms with Crippen molar-refractivity contribution >= 4 is 23.1 Å². The number of alkyl carbamates (subject to hydrolysis) is 1. The number of methoxy groups -OCH3 is 1. The van der Waals surface area contributed by atoms with Crippen LogP contribution in [0.1, 0.15) is 59.1 Å². The molecule has 0 spiro atoms. The average molecular weight is 631 g/mol. The van der Waals surface area contributed by atoms with E-state index in [0.29, 0.717) is 17.7 Å². The van der Waals surface area contributed by atoms with Gasteiger partial charge in [-0.15, -0.1) is 13.2 Å². The molecule has 4 rings (SSSR count). The summed E-state index contributed by atoms with van der Waals surface area (Å²) in [6.07, 6.45) is 2.63. The number of carbonyl (C=O) groups excluding carboxylic acids is 1. The molecule has 2 aliphatic rings. The van der Waals surface area contributed by atoms with Gasteiger partial charge in [0.15, 0.2) is 5.69 Å². The molecule has 1 aromatic heterocycles. The van der Waals surface area contributed by atoms with Gasteiger partial charge >= 0.3 is 12.1 Å². The summed E-state index contributed by atoms with van der Waals surface area (Å²) in [4.78, 5) is 35.9. The number of carboxylic acids is 1. The average Bonchev–Trinajstić information content (AvgIpc) is 3.59. The Morgan fingerprint density at radius 3 is 2.51 bits per heavy atom. The van der Waals surface area contributed by atoms with Gasteiger partial charge in [0.2, 0.25) is 5.88 Å². The second-order valence-corrected chi connectivity index (χ2v) is 12.9. The number of likely N-dealkylation sites (tertiary alicyclic amines) is 1. The first-order chi connectivity index (χ1) is 21.2. The lowest BCUT2D eigenvalue weighted by molar-refractivity contribution is -0.144. The number of rotatable bonds is 14. The Morgan fingerprint density at radius 2 is 1.91 bits per heavy atom. The second-order valence-electron chi connectivity index (χ2n) is 12.9. The highest BCUT2D eigenvalue weighted by atomic mass is 19.3. The van der Waals surface area contributed by atoms with Gasteiger partial charge < -0.3 is 24.6 Å². The van der Waals surface area contributed by atoms with E-state index in [1.807, 2.05) is 27.7 Å². The first kappa shape index (κ1) is 34.1. The van der Waals surface area contributed by atoms with E-state index >= 15 is 8.78 Å². The number of benzene rings is 1. The molecule has 1 saturated heterocycles. The summed E-state index contributed by atoms with van der Waals surface area (Å²) in [6, 6.07) is 3.24. The summed E-state index contributed by atoms with van der Waals surface area (Å²) in [7, 11) is 1.48. The van der Waals surface area contributed by atoms with Gasteiger partial charge in [-0.1, -0.05) is 39.8 Å². The van der Waals surface area contributed by atoms with E-state index < -0.39 is 59.6 Å². The van der Waals surface area contributed by atoms with Crippen LogP contribution in [0.15, 0.2) is 43.5 Å². The molecule has 45 heavy (non-hydrogen) atoms. The number of allylic oxidation sites excluding steroid dienone is 2. The van der Waals surface area contributed by atoms with Crippen LogP contribution < -0.4 is 14.8 Å². The summed E-state index contributed by atoms with van der Waals surface area (Å²) in [6.45, 7) is 15.1. The van der Waals surface area contributed by atoms with Crippen LogP contribution in [0.5, 0.6) is 11.6 Å². The highest BCUT2D eigenvalue weighted by molar-refractivity contribution is 5.77. The quantitative estimate of drug-likeness (QED) is 0.244. The number of fused-ring (bicyclic) bond motifs is 1. The molecule has 12 heteroatoms. The van der Waals surface area contributed by atoms with Gasteiger partial charge in [0.1, 0.15) is 24.0 Å². The van der Waals surface area contributed by atoms with Crippen molar-refractivity contribution in [3.05, 3.63) is 49.2 Å². The van der Waals surface area contributed by atoms with Gasteiger partial charge in [0.05, 0.1) is 18.1 Å². The minimum Gasteiger partial charge on any atom is -0.497 e. The third-order valence-electron chi connectivity index (χ3n) is 8.61. The van der Waals surface area contributed by atoms with Crippen molar-refractivity contribution in [3.8, 4) is 11.6 Å². The van der Waals surface area contributed by atoms with E-state index in [9.17, 15) is 14.7 Å².